The lowest BCUT2D eigenvalue weighted by atomic mass is 10.0. The number of aliphatic hydroxyl groups is 1. The minimum absolute atomic E-state index is 0.0781. The van der Waals surface area contributed by atoms with E-state index in [9.17, 15) is 43.2 Å². The second-order valence-corrected chi connectivity index (χ2v) is 29.2. The van der Waals surface area contributed by atoms with Crippen molar-refractivity contribution in [3.63, 3.8) is 0 Å². The van der Waals surface area contributed by atoms with Crippen molar-refractivity contribution in [1.82, 2.24) is 0 Å². The number of aliphatic hydroxyl groups excluding tert-OH is 1. The molecule has 0 fully saturated rings. The summed E-state index contributed by atoms with van der Waals surface area (Å²) < 4.78 is 68.5. The van der Waals surface area contributed by atoms with E-state index < -0.39 is 97.5 Å². The van der Waals surface area contributed by atoms with Gasteiger partial charge in [0, 0.05) is 25.7 Å². The number of hydrogen-bond acceptors (Lipinski definition) is 15. The summed E-state index contributed by atoms with van der Waals surface area (Å²) in [6, 6.07) is 0. The second kappa shape index (κ2) is 71.9. The third-order valence-electron chi connectivity index (χ3n) is 16.7. The molecule has 0 aliphatic heterocycles. The van der Waals surface area contributed by atoms with Crippen LogP contribution in [0, 0.1) is 0 Å². The van der Waals surface area contributed by atoms with Crippen molar-refractivity contribution in [1.29, 1.82) is 0 Å². The molecule has 0 amide bonds. The summed E-state index contributed by atoms with van der Waals surface area (Å²) in [5.41, 5.74) is 0. The van der Waals surface area contributed by atoms with E-state index in [-0.39, 0.29) is 25.7 Å². The lowest BCUT2D eigenvalue weighted by Crippen LogP contribution is -2.30. The first-order valence-electron chi connectivity index (χ1n) is 39.2. The summed E-state index contributed by atoms with van der Waals surface area (Å²) in [7, 11) is -9.95. The van der Waals surface area contributed by atoms with E-state index in [0.29, 0.717) is 25.7 Å². The van der Waals surface area contributed by atoms with E-state index >= 15 is 0 Å². The number of carbonyl (C=O) groups excluding carboxylic acids is 4. The summed E-state index contributed by atoms with van der Waals surface area (Å²) in [6.45, 7) is 4.80. The van der Waals surface area contributed by atoms with Gasteiger partial charge in [0.1, 0.15) is 19.3 Å². The predicted octanol–water partition coefficient (Wildman–Crippen LogP) is 22.4. The van der Waals surface area contributed by atoms with Crippen molar-refractivity contribution >= 4 is 39.5 Å². The molecule has 0 saturated heterocycles. The fourth-order valence-electron chi connectivity index (χ4n) is 10.6. The quantitative estimate of drug-likeness (QED) is 0.0128. The van der Waals surface area contributed by atoms with E-state index in [0.717, 1.165) is 154 Å². The van der Waals surface area contributed by atoms with Crippen LogP contribution in [0.15, 0.2) is 72.9 Å². The smallest absolute Gasteiger partial charge is 0.462 e. The van der Waals surface area contributed by atoms with Crippen LogP contribution in [0.25, 0.3) is 0 Å². The summed E-state index contributed by atoms with van der Waals surface area (Å²) >= 11 is 0. The molecule has 0 aromatic heterocycles. The molecule has 3 N–H and O–H groups in total. The number of esters is 4. The molecule has 0 heterocycles. The molecule has 5 atom stereocenters. The molecule has 0 spiro atoms. The van der Waals surface area contributed by atoms with Gasteiger partial charge in [0.2, 0.25) is 0 Å². The fourth-order valence-corrected chi connectivity index (χ4v) is 12.2. The first-order chi connectivity index (χ1) is 47.7. The first-order valence-corrected chi connectivity index (χ1v) is 42.2. The van der Waals surface area contributed by atoms with Crippen LogP contribution < -0.4 is 0 Å². The highest BCUT2D eigenvalue weighted by Crippen LogP contribution is 2.45. The monoisotopic (exact) mass is 1420 g/mol. The van der Waals surface area contributed by atoms with Crippen molar-refractivity contribution in [2.45, 2.75) is 367 Å². The Morgan fingerprint density at radius 3 is 0.847 bits per heavy atom. The molecule has 0 radical (unpaired) electrons. The van der Waals surface area contributed by atoms with Crippen LogP contribution in [0.5, 0.6) is 0 Å². The lowest BCUT2D eigenvalue weighted by molar-refractivity contribution is -0.161. The van der Waals surface area contributed by atoms with E-state index in [1.165, 1.54) is 116 Å². The Labute approximate surface area is 596 Å². The van der Waals surface area contributed by atoms with Gasteiger partial charge in [-0.15, -0.1) is 0 Å². The largest absolute Gasteiger partial charge is 0.472 e. The van der Waals surface area contributed by atoms with Gasteiger partial charge in [0.25, 0.3) is 0 Å². The van der Waals surface area contributed by atoms with E-state index in [1.807, 2.05) is 0 Å². The molecule has 570 valence electrons. The highest BCUT2D eigenvalue weighted by Gasteiger charge is 2.30. The van der Waals surface area contributed by atoms with Crippen LogP contribution in [0.4, 0.5) is 0 Å². The van der Waals surface area contributed by atoms with Gasteiger partial charge in [-0.3, -0.25) is 37.3 Å². The average molecular weight is 1430 g/mol. The highest BCUT2D eigenvalue weighted by molar-refractivity contribution is 7.47. The standard InChI is InChI=1S/C79H142O17P2/c1-5-9-13-17-21-25-29-33-36-40-43-47-51-55-59-63-76(81)89-69-74(95-78(83)65-61-57-53-49-45-39-32-28-24-20-16-12-8-4)71-93-97(85,86)91-67-73(80)68-92-98(87,88)94-72-75(96-79(84)66-62-58-54-50-46-42-38-35-31-27-23-19-15-11-7-3)70-90-77(82)64-60-56-52-48-44-41-37-34-30-26-22-18-14-10-6-2/h22-23,25-27,29,33-38,73-75,80H,5-21,24,28,30-32,39-72H2,1-4H3,(H,85,86)(H,87,88)/b26-22-,27-23-,29-25-,36-33-,37-34-,38-35-/t73-,74+,75+/m0/s1. The molecule has 17 nitrogen and oxygen atoms in total. The average Bonchev–Trinajstić information content (AvgIpc) is 1.04. The van der Waals surface area contributed by atoms with Gasteiger partial charge < -0.3 is 33.8 Å². The van der Waals surface area contributed by atoms with Crippen LogP contribution in [0.3, 0.4) is 0 Å². The third-order valence-corrected chi connectivity index (χ3v) is 18.6. The summed E-state index contributed by atoms with van der Waals surface area (Å²) in [4.78, 5) is 72.9. The van der Waals surface area contributed by atoms with E-state index in [2.05, 4.69) is 101 Å². The van der Waals surface area contributed by atoms with Crippen molar-refractivity contribution in [3.8, 4) is 0 Å². The van der Waals surface area contributed by atoms with Crippen molar-refractivity contribution in [3.05, 3.63) is 72.9 Å². The maximum absolute atomic E-state index is 13.1. The topological polar surface area (TPSA) is 237 Å². The molecule has 0 aromatic rings. The fraction of sp³-hybridized carbons (Fsp3) is 0.797. The van der Waals surface area contributed by atoms with Crippen molar-refractivity contribution in [2.24, 2.45) is 0 Å². The summed E-state index contributed by atoms with van der Waals surface area (Å²) in [5.74, 6) is -2.20. The molecule has 0 aliphatic rings. The number of unbranched alkanes of at least 4 members (excludes halogenated alkanes) is 37. The molecule has 2 unspecified atom stereocenters. The number of ether oxygens (including phenoxy) is 4. The van der Waals surface area contributed by atoms with Crippen LogP contribution in [-0.4, -0.2) is 96.7 Å². The summed E-state index contributed by atoms with van der Waals surface area (Å²) in [6.07, 6.45) is 71.6. The van der Waals surface area contributed by atoms with Crippen LogP contribution in [-0.2, 0) is 65.4 Å². The Hall–Kier alpha value is -3.50. The summed E-state index contributed by atoms with van der Waals surface area (Å²) in [5, 5.41) is 10.6. The maximum Gasteiger partial charge on any atom is 0.472 e. The number of hydrogen-bond donors (Lipinski definition) is 3. The van der Waals surface area contributed by atoms with Crippen LogP contribution in [0.1, 0.15) is 349 Å². The Morgan fingerprint density at radius 2 is 0.531 bits per heavy atom. The molecule has 0 bridgehead atoms. The van der Waals surface area contributed by atoms with Gasteiger partial charge in [-0.1, -0.05) is 280 Å². The Bertz CT molecular complexity index is 2140. The zero-order chi connectivity index (χ0) is 71.8. The lowest BCUT2D eigenvalue weighted by Gasteiger charge is -2.21. The molecule has 0 aliphatic carbocycles. The molecule has 0 saturated carbocycles. The second-order valence-electron chi connectivity index (χ2n) is 26.3. The molecule has 0 aromatic carbocycles. The number of carbonyl (C=O) groups is 4. The van der Waals surface area contributed by atoms with Gasteiger partial charge in [-0.25, -0.2) is 9.13 Å². The zero-order valence-electron chi connectivity index (χ0n) is 62.2. The van der Waals surface area contributed by atoms with Crippen LogP contribution >= 0.6 is 15.6 Å². The first kappa shape index (κ1) is 94.5. The number of allylic oxidation sites excluding steroid dienone is 12. The molecule has 19 heteroatoms. The van der Waals surface area contributed by atoms with Crippen molar-refractivity contribution < 1.29 is 80.2 Å². The predicted molar refractivity (Wildman–Crippen MR) is 400 cm³/mol. The third kappa shape index (κ3) is 70.9. The molecular weight excluding hydrogens is 1280 g/mol. The normalized spacial score (nSPS) is 14.3. The molecular formula is C79H142O17P2. The molecule has 0 rings (SSSR count). The van der Waals surface area contributed by atoms with Gasteiger partial charge in [0.05, 0.1) is 26.4 Å². The SMILES string of the molecule is CCCCC/C=C\C/C=C\CCCCCCCC(=O)OC[C@H](COP(=O)(O)OC[C@@H](O)COP(=O)(O)OC[C@@H](COC(=O)CCCCCCC/C=C\C=C/CCCCCC)OC(=O)CCCCCCCCCCCCCCC)OC(=O)CCCCCCC/C=C\C/C=C\CCCCC. The van der Waals surface area contributed by atoms with Crippen molar-refractivity contribution in [2.75, 3.05) is 39.6 Å². The minimum Gasteiger partial charge on any atom is -0.462 e. The van der Waals surface area contributed by atoms with Gasteiger partial charge in [0.15, 0.2) is 12.2 Å². The number of phosphoric acid groups is 2. The van der Waals surface area contributed by atoms with Gasteiger partial charge >= 0.3 is 39.5 Å². The highest BCUT2D eigenvalue weighted by atomic mass is 31.2. The maximum atomic E-state index is 13.1. The Kier molecular flexibility index (Phi) is 69.3. The number of rotatable bonds is 74. The minimum atomic E-state index is -4.98. The Balaban J connectivity index is 5.36. The van der Waals surface area contributed by atoms with E-state index in [1.54, 1.807) is 0 Å². The number of phosphoric ester groups is 2. The zero-order valence-corrected chi connectivity index (χ0v) is 64.0. The van der Waals surface area contributed by atoms with E-state index in [4.69, 9.17) is 37.0 Å². The Morgan fingerprint density at radius 1 is 0.296 bits per heavy atom. The van der Waals surface area contributed by atoms with Crippen LogP contribution in [0.2, 0.25) is 0 Å². The van der Waals surface area contributed by atoms with Gasteiger partial charge in [-0.05, 0) is 116 Å². The molecule has 98 heavy (non-hydrogen) atoms. The van der Waals surface area contributed by atoms with Gasteiger partial charge in [-0.2, -0.15) is 0 Å².